The van der Waals surface area contributed by atoms with Gasteiger partial charge in [0.25, 0.3) is 11.8 Å². The van der Waals surface area contributed by atoms with Crippen molar-refractivity contribution in [1.82, 2.24) is 10.3 Å². The van der Waals surface area contributed by atoms with Crippen LogP contribution < -0.4 is 15.4 Å². The SMILES string of the molecule is COc1ccc(NC(=O)c2cc(C(=O)NC3CC3)ccn2)cc1Cl. The van der Waals surface area contributed by atoms with Crippen molar-refractivity contribution in [3.63, 3.8) is 0 Å². The summed E-state index contributed by atoms with van der Waals surface area (Å²) in [6.07, 6.45) is 3.45. The Morgan fingerprint density at radius 2 is 2.00 bits per heavy atom. The first-order valence-electron chi connectivity index (χ1n) is 7.48. The lowest BCUT2D eigenvalue weighted by molar-refractivity contribution is 0.0951. The lowest BCUT2D eigenvalue weighted by Gasteiger charge is -2.08. The second-order valence-corrected chi connectivity index (χ2v) is 5.89. The van der Waals surface area contributed by atoms with Crippen LogP contribution in [0.5, 0.6) is 5.75 Å². The average molecular weight is 346 g/mol. The molecule has 2 N–H and O–H groups in total. The van der Waals surface area contributed by atoms with E-state index in [4.69, 9.17) is 16.3 Å². The topological polar surface area (TPSA) is 80.3 Å². The molecule has 1 heterocycles. The Morgan fingerprint density at radius 1 is 1.21 bits per heavy atom. The number of ether oxygens (including phenoxy) is 1. The molecule has 6 nitrogen and oxygen atoms in total. The third-order valence-corrected chi connectivity index (χ3v) is 3.87. The molecule has 1 aliphatic rings. The van der Waals surface area contributed by atoms with Crippen LogP contribution in [0.25, 0.3) is 0 Å². The molecule has 1 fully saturated rings. The Hall–Kier alpha value is -2.60. The van der Waals surface area contributed by atoms with Gasteiger partial charge in [-0.25, -0.2) is 0 Å². The second kappa shape index (κ2) is 6.88. The predicted molar refractivity (Wildman–Crippen MR) is 90.7 cm³/mol. The van der Waals surface area contributed by atoms with Gasteiger partial charge in [-0.15, -0.1) is 0 Å². The van der Waals surface area contributed by atoms with E-state index in [1.54, 1.807) is 24.3 Å². The number of pyridine rings is 1. The van der Waals surface area contributed by atoms with Gasteiger partial charge in [0.15, 0.2) is 0 Å². The van der Waals surface area contributed by atoms with Gasteiger partial charge >= 0.3 is 0 Å². The summed E-state index contributed by atoms with van der Waals surface area (Å²) in [7, 11) is 1.52. The summed E-state index contributed by atoms with van der Waals surface area (Å²) >= 11 is 6.04. The van der Waals surface area contributed by atoms with Crippen molar-refractivity contribution in [3.05, 3.63) is 52.8 Å². The molecular formula is C17H16ClN3O3. The van der Waals surface area contributed by atoms with Crippen molar-refractivity contribution < 1.29 is 14.3 Å². The van der Waals surface area contributed by atoms with Gasteiger partial charge in [0.2, 0.25) is 0 Å². The summed E-state index contributed by atoms with van der Waals surface area (Å²) in [5.41, 5.74) is 1.08. The highest BCUT2D eigenvalue weighted by Crippen LogP contribution is 2.27. The van der Waals surface area contributed by atoms with Gasteiger partial charge in [-0.3, -0.25) is 14.6 Å². The van der Waals surface area contributed by atoms with Gasteiger partial charge in [-0.1, -0.05) is 11.6 Å². The van der Waals surface area contributed by atoms with Crippen molar-refractivity contribution in [2.24, 2.45) is 0 Å². The predicted octanol–water partition coefficient (Wildman–Crippen LogP) is 2.89. The van der Waals surface area contributed by atoms with Crippen LogP contribution in [0, 0.1) is 0 Å². The first-order chi connectivity index (χ1) is 11.6. The number of benzene rings is 1. The van der Waals surface area contributed by atoms with Crippen molar-refractivity contribution in [3.8, 4) is 5.75 Å². The number of carbonyl (C=O) groups is 2. The highest BCUT2D eigenvalue weighted by atomic mass is 35.5. The lowest BCUT2D eigenvalue weighted by Crippen LogP contribution is -2.26. The van der Waals surface area contributed by atoms with E-state index in [0.717, 1.165) is 12.8 Å². The molecule has 0 aliphatic heterocycles. The maximum Gasteiger partial charge on any atom is 0.274 e. The number of aromatic nitrogens is 1. The first-order valence-corrected chi connectivity index (χ1v) is 7.86. The number of halogens is 1. The molecule has 2 aromatic rings. The van der Waals surface area contributed by atoms with Crippen LogP contribution in [-0.4, -0.2) is 29.9 Å². The largest absolute Gasteiger partial charge is 0.495 e. The Balaban J connectivity index is 1.72. The van der Waals surface area contributed by atoms with E-state index in [2.05, 4.69) is 15.6 Å². The maximum atomic E-state index is 12.3. The highest BCUT2D eigenvalue weighted by molar-refractivity contribution is 6.32. The van der Waals surface area contributed by atoms with Gasteiger partial charge in [-0.2, -0.15) is 0 Å². The minimum Gasteiger partial charge on any atom is -0.495 e. The standard InChI is InChI=1S/C17H16ClN3O3/c1-24-15-5-4-12(9-13(15)18)21-17(23)14-8-10(6-7-19-14)16(22)20-11-2-3-11/h4-9,11H,2-3H2,1H3,(H,20,22)(H,21,23). The molecule has 24 heavy (non-hydrogen) atoms. The highest BCUT2D eigenvalue weighted by Gasteiger charge is 2.24. The molecule has 124 valence electrons. The number of methoxy groups -OCH3 is 1. The van der Waals surface area contributed by atoms with Crippen LogP contribution in [0.3, 0.4) is 0 Å². The van der Waals surface area contributed by atoms with Gasteiger partial charge in [0, 0.05) is 23.5 Å². The average Bonchev–Trinajstić information content (AvgIpc) is 3.39. The molecule has 0 bridgehead atoms. The van der Waals surface area contributed by atoms with Crippen LogP contribution >= 0.6 is 11.6 Å². The third-order valence-electron chi connectivity index (χ3n) is 3.58. The van der Waals surface area contributed by atoms with Crippen LogP contribution in [0.4, 0.5) is 5.69 Å². The van der Waals surface area contributed by atoms with Crippen molar-refractivity contribution in [2.75, 3.05) is 12.4 Å². The zero-order valence-corrected chi connectivity index (χ0v) is 13.8. The summed E-state index contributed by atoms with van der Waals surface area (Å²) in [6.45, 7) is 0. The van der Waals surface area contributed by atoms with E-state index in [-0.39, 0.29) is 17.6 Å². The Morgan fingerprint density at radius 3 is 2.67 bits per heavy atom. The normalized spacial score (nSPS) is 13.2. The van der Waals surface area contributed by atoms with Gasteiger partial charge < -0.3 is 15.4 Å². The van der Waals surface area contributed by atoms with E-state index in [1.807, 2.05) is 0 Å². The minimum atomic E-state index is -0.419. The van der Waals surface area contributed by atoms with Gasteiger partial charge in [0.05, 0.1) is 12.1 Å². The molecule has 0 unspecified atom stereocenters. The molecule has 0 radical (unpaired) electrons. The summed E-state index contributed by atoms with van der Waals surface area (Å²) in [5, 5.41) is 5.96. The maximum absolute atomic E-state index is 12.3. The molecule has 1 aromatic heterocycles. The molecule has 0 atom stereocenters. The van der Waals surface area contributed by atoms with Gasteiger partial charge in [0.1, 0.15) is 11.4 Å². The minimum absolute atomic E-state index is 0.158. The Bertz CT molecular complexity index is 790. The van der Waals surface area contributed by atoms with Crippen LogP contribution in [0.15, 0.2) is 36.5 Å². The molecule has 0 saturated heterocycles. The number of rotatable bonds is 5. The summed E-state index contributed by atoms with van der Waals surface area (Å²) in [5.74, 6) is -0.0923. The first kappa shape index (κ1) is 16.3. The monoisotopic (exact) mass is 345 g/mol. The number of nitrogens with zero attached hydrogens (tertiary/aromatic N) is 1. The fourth-order valence-corrected chi connectivity index (χ4v) is 2.39. The van der Waals surface area contributed by atoms with Crippen molar-refractivity contribution in [1.29, 1.82) is 0 Å². The Labute approximate surface area is 144 Å². The van der Waals surface area contributed by atoms with Crippen molar-refractivity contribution >= 4 is 29.1 Å². The molecule has 7 heteroatoms. The smallest absolute Gasteiger partial charge is 0.274 e. The number of carbonyl (C=O) groups excluding carboxylic acids is 2. The molecule has 1 aromatic carbocycles. The summed E-state index contributed by atoms with van der Waals surface area (Å²) in [6, 6.07) is 8.22. The fraction of sp³-hybridized carbons (Fsp3) is 0.235. The lowest BCUT2D eigenvalue weighted by atomic mass is 10.2. The number of hydrogen-bond acceptors (Lipinski definition) is 4. The second-order valence-electron chi connectivity index (χ2n) is 5.48. The molecule has 0 spiro atoms. The van der Waals surface area contributed by atoms with Crippen LogP contribution in [0.2, 0.25) is 5.02 Å². The number of nitrogens with one attached hydrogen (secondary N) is 2. The van der Waals surface area contributed by atoms with Crippen LogP contribution in [-0.2, 0) is 0 Å². The zero-order chi connectivity index (χ0) is 17.1. The van der Waals surface area contributed by atoms with Gasteiger partial charge in [-0.05, 0) is 43.2 Å². The number of anilines is 1. The van der Waals surface area contributed by atoms with E-state index >= 15 is 0 Å². The molecule has 2 amide bonds. The molecule has 3 rings (SSSR count). The van der Waals surface area contributed by atoms with Crippen molar-refractivity contribution in [2.45, 2.75) is 18.9 Å². The third kappa shape index (κ3) is 3.83. The number of hydrogen-bond donors (Lipinski definition) is 2. The summed E-state index contributed by atoms with van der Waals surface area (Å²) in [4.78, 5) is 28.4. The van der Waals surface area contributed by atoms with Crippen LogP contribution in [0.1, 0.15) is 33.7 Å². The zero-order valence-electron chi connectivity index (χ0n) is 13.0. The molecular weight excluding hydrogens is 330 g/mol. The van der Waals surface area contributed by atoms with E-state index in [9.17, 15) is 9.59 Å². The quantitative estimate of drug-likeness (QED) is 0.873. The number of amides is 2. The molecule has 1 saturated carbocycles. The molecule has 1 aliphatic carbocycles. The fourth-order valence-electron chi connectivity index (χ4n) is 2.13. The van der Waals surface area contributed by atoms with E-state index < -0.39 is 5.91 Å². The van der Waals surface area contributed by atoms with E-state index in [0.29, 0.717) is 22.0 Å². The Kier molecular flexibility index (Phi) is 4.66. The summed E-state index contributed by atoms with van der Waals surface area (Å²) < 4.78 is 5.07. The van der Waals surface area contributed by atoms with E-state index in [1.165, 1.54) is 19.4 Å².